The molecule has 0 aliphatic carbocycles. The summed E-state index contributed by atoms with van der Waals surface area (Å²) in [5, 5.41) is 0. The molecule has 0 aromatic heterocycles. The van der Waals surface area contributed by atoms with Gasteiger partial charge in [-0.1, -0.05) is 46.0 Å². The van der Waals surface area contributed by atoms with Gasteiger partial charge in [-0.3, -0.25) is 14.5 Å². The Bertz CT molecular complexity index is 798. The van der Waals surface area contributed by atoms with Gasteiger partial charge in [-0.15, -0.1) is 0 Å². The van der Waals surface area contributed by atoms with E-state index in [2.05, 4.69) is 27.8 Å². The standard InChI is InChI=1S/C19H14BrNO2/c20-15-9-6-8-14(13-15)7-2-1-5-12-21-18(22)16-10-3-4-11-17(16)19(21)23/h3-4,6,8-11,13H,1,5,12H2. The van der Waals surface area contributed by atoms with Gasteiger partial charge in [-0.2, -0.15) is 0 Å². The van der Waals surface area contributed by atoms with Crippen molar-refractivity contribution in [2.45, 2.75) is 12.8 Å². The van der Waals surface area contributed by atoms with Gasteiger partial charge in [-0.25, -0.2) is 0 Å². The molecule has 2 aromatic carbocycles. The van der Waals surface area contributed by atoms with Crippen molar-refractivity contribution in [3.05, 3.63) is 69.7 Å². The van der Waals surface area contributed by atoms with Gasteiger partial charge < -0.3 is 0 Å². The van der Waals surface area contributed by atoms with E-state index in [0.717, 1.165) is 10.0 Å². The van der Waals surface area contributed by atoms with Crippen molar-refractivity contribution < 1.29 is 9.59 Å². The number of unbranched alkanes of at least 4 members (excludes halogenated alkanes) is 1. The Hall–Kier alpha value is -2.38. The molecule has 0 saturated heterocycles. The Balaban J connectivity index is 1.57. The van der Waals surface area contributed by atoms with Crippen LogP contribution in [0, 0.1) is 11.8 Å². The maximum atomic E-state index is 12.2. The van der Waals surface area contributed by atoms with Gasteiger partial charge in [-0.05, 0) is 36.8 Å². The van der Waals surface area contributed by atoms with E-state index in [4.69, 9.17) is 0 Å². The number of benzene rings is 2. The Morgan fingerprint density at radius 1 is 0.957 bits per heavy atom. The smallest absolute Gasteiger partial charge is 0.261 e. The number of rotatable bonds is 3. The highest BCUT2D eigenvalue weighted by Gasteiger charge is 2.34. The molecule has 0 fully saturated rings. The summed E-state index contributed by atoms with van der Waals surface area (Å²) in [5.41, 5.74) is 1.94. The first-order valence-electron chi connectivity index (χ1n) is 7.36. The van der Waals surface area contributed by atoms with Crippen LogP contribution in [0.5, 0.6) is 0 Å². The maximum absolute atomic E-state index is 12.2. The van der Waals surface area contributed by atoms with E-state index >= 15 is 0 Å². The SMILES string of the molecule is O=C1c2ccccc2C(=O)N1CCCC#Cc1cccc(Br)c1. The number of halogens is 1. The molecule has 114 valence electrons. The Labute approximate surface area is 143 Å². The minimum absolute atomic E-state index is 0.203. The Morgan fingerprint density at radius 3 is 2.30 bits per heavy atom. The van der Waals surface area contributed by atoms with Crippen molar-refractivity contribution in [2.75, 3.05) is 6.54 Å². The van der Waals surface area contributed by atoms with Crippen molar-refractivity contribution >= 4 is 27.7 Å². The summed E-state index contributed by atoms with van der Waals surface area (Å²) in [4.78, 5) is 25.7. The zero-order chi connectivity index (χ0) is 16.2. The number of fused-ring (bicyclic) bond motifs is 1. The molecule has 3 rings (SSSR count). The van der Waals surface area contributed by atoms with E-state index in [1.54, 1.807) is 24.3 Å². The van der Waals surface area contributed by atoms with Crippen LogP contribution in [0.1, 0.15) is 39.1 Å². The van der Waals surface area contributed by atoms with Crippen molar-refractivity contribution in [1.29, 1.82) is 0 Å². The number of carbonyl (C=O) groups is 2. The first kappa shape index (κ1) is 15.5. The number of hydrogen-bond donors (Lipinski definition) is 0. The molecule has 23 heavy (non-hydrogen) atoms. The largest absolute Gasteiger partial charge is 0.274 e. The van der Waals surface area contributed by atoms with Gasteiger partial charge in [0.15, 0.2) is 0 Å². The topological polar surface area (TPSA) is 37.4 Å². The van der Waals surface area contributed by atoms with E-state index in [-0.39, 0.29) is 11.8 Å². The fourth-order valence-corrected chi connectivity index (χ4v) is 2.90. The Morgan fingerprint density at radius 2 is 1.65 bits per heavy atom. The third kappa shape index (κ3) is 3.35. The first-order valence-corrected chi connectivity index (χ1v) is 8.16. The van der Waals surface area contributed by atoms with Crippen LogP contribution in [0.25, 0.3) is 0 Å². The second-order valence-electron chi connectivity index (χ2n) is 5.22. The third-order valence-electron chi connectivity index (χ3n) is 3.62. The molecule has 2 amide bonds. The van der Waals surface area contributed by atoms with Crippen LogP contribution in [0.3, 0.4) is 0 Å². The predicted octanol–water partition coefficient (Wildman–Crippen LogP) is 3.88. The van der Waals surface area contributed by atoms with Crippen LogP contribution in [0.4, 0.5) is 0 Å². The van der Waals surface area contributed by atoms with Crippen LogP contribution < -0.4 is 0 Å². The fraction of sp³-hybridized carbons (Fsp3) is 0.158. The molecule has 1 heterocycles. The summed E-state index contributed by atoms with van der Waals surface area (Å²) in [6.07, 6.45) is 1.31. The summed E-state index contributed by atoms with van der Waals surface area (Å²) >= 11 is 3.41. The highest BCUT2D eigenvalue weighted by Crippen LogP contribution is 2.22. The minimum atomic E-state index is -0.203. The fourth-order valence-electron chi connectivity index (χ4n) is 2.50. The maximum Gasteiger partial charge on any atom is 0.261 e. The number of hydrogen-bond acceptors (Lipinski definition) is 2. The van der Waals surface area contributed by atoms with Crippen LogP contribution in [0.2, 0.25) is 0 Å². The van der Waals surface area contributed by atoms with Gasteiger partial charge in [0.05, 0.1) is 11.1 Å². The van der Waals surface area contributed by atoms with Crippen LogP contribution in [0.15, 0.2) is 53.0 Å². The van der Waals surface area contributed by atoms with Gasteiger partial charge in [0, 0.05) is 23.0 Å². The summed E-state index contributed by atoms with van der Waals surface area (Å²) in [7, 11) is 0. The van der Waals surface area contributed by atoms with Crippen LogP contribution in [-0.2, 0) is 0 Å². The molecule has 0 spiro atoms. The van der Waals surface area contributed by atoms with Gasteiger partial charge >= 0.3 is 0 Å². The molecule has 2 aromatic rings. The Kier molecular flexibility index (Phi) is 4.59. The molecular formula is C19H14BrNO2. The van der Waals surface area contributed by atoms with Crippen molar-refractivity contribution in [3.8, 4) is 11.8 Å². The number of nitrogens with zero attached hydrogens (tertiary/aromatic N) is 1. The molecule has 3 nitrogen and oxygen atoms in total. The average molecular weight is 368 g/mol. The number of carbonyl (C=O) groups excluding carboxylic acids is 2. The first-order chi connectivity index (χ1) is 11.2. The zero-order valence-electron chi connectivity index (χ0n) is 12.4. The van der Waals surface area contributed by atoms with E-state index in [1.807, 2.05) is 24.3 Å². The van der Waals surface area contributed by atoms with Gasteiger partial charge in [0.1, 0.15) is 0 Å². The molecular weight excluding hydrogens is 354 g/mol. The molecule has 0 atom stereocenters. The molecule has 1 aliphatic rings. The number of imide groups is 1. The highest BCUT2D eigenvalue weighted by molar-refractivity contribution is 9.10. The van der Waals surface area contributed by atoms with Crippen molar-refractivity contribution in [3.63, 3.8) is 0 Å². The molecule has 4 heteroatoms. The van der Waals surface area contributed by atoms with Gasteiger partial charge in [0.25, 0.3) is 11.8 Å². The lowest BCUT2D eigenvalue weighted by Gasteiger charge is -2.12. The molecule has 0 N–H and O–H groups in total. The second kappa shape index (κ2) is 6.80. The summed E-state index contributed by atoms with van der Waals surface area (Å²) in [6, 6.07) is 14.7. The second-order valence-corrected chi connectivity index (χ2v) is 6.14. The third-order valence-corrected chi connectivity index (χ3v) is 4.11. The summed E-state index contributed by atoms with van der Waals surface area (Å²) in [6.45, 7) is 0.402. The molecule has 0 saturated carbocycles. The molecule has 1 aliphatic heterocycles. The van der Waals surface area contributed by atoms with Gasteiger partial charge in [0.2, 0.25) is 0 Å². The monoisotopic (exact) mass is 367 g/mol. The summed E-state index contributed by atoms with van der Waals surface area (Å²) < 4.78 is 0.996. The minimum Gasteiger partial charge on any atom is -0.274 e. The average Bonchev–Trinajstić information content (AvgIpc) is 2.80. The van der Waals surface area contributed by atoms with E-state index in [0.29, 0.717) is 30.5 Å². The number of amides is 2. The van der Waals surface area contributed by atoms with Crippen LogP contribution >= 0.6 is 15.9 Å². The molecule has 0 radical (unpaired) electrons. The normalized spacial score (nSPS) is 12.8. The highest BCUT2D eigenvalue weighted by atomic mass is 79.9. The lowest BCUT2D eigenvalue weighted by atomic mass is 10.1. The quantitative estimate of drug-likeness (QED) is 0.469. The molecule has 0 unspecified atom stereocenters. The van der Waals surface area contributed by atoms with E-state index in [9.17, 15) is 9.59 Å². The molecule has 0 bridgehead atoms. The lowest BCUT2D eigenvalue weighted by Crippen LogP contribution is -2.30. The van der Waals surface area contributed by atoms with Crippen molar-refractivity contribution in [2.24, 2.45) is 0 Å². The van der Waals surface area contributed by atoms with E-state index < -0.39 is 0 Å². The summed E-state index contributed by atoms with van der Waals surface area (Å²) in [5.74, 6) is 5.76. The van der Waals surface area contributed by atoms with Crippen molar-refractivity contribution in [1.82, 2.24) is 4.90 Å². The lowest BCUT2D eigenvalue weighted by molar-refractivity contribution is 0.0653. The van der Waals surface area contributed by atoms with Crippen LogP contribution in [-0.4, -0.2) is 23.3 Å². The van der Waals surface area contributed by atoms with E-state index in [1.165, 1.54) is 4.90 Å². The zero-order valence-corrected chi connectivity index (χ0v) is 14.0. The predicted molar refractivity (Wildman–Crippen MR) is 92.1 cm³/mol.